The Morgan fingerprint density at radius 3 is 2.44 bits per heavy atom. The van der Waals surface area contributed by atoms with Crippen molar-refractivity contribution in [1.29, 1.82) is 0 Å². The Bertz CT molecular complexity index is 1310. The first-order chi connectivity index (χ1) is 16.9. The van der Waals surface area contributed by atoms with Crippen molar-refractivity contribution < 1.29 is 27.5 Å². The summed E-state index contributed by atoms with van der Waals surface area (Å²) in [5.41, 5.74) is 2.72. The molecule has 0 aliphatic rings. The van der Waals surface area contributed by atoms with Gasteiger partial charge in [0.15, 0.2) is 6.61 Å². The number of H-pyrrole nitrogens is 1. The van der Waals surface area contributed by atoms with Gasteiger partial charge in [-0.25, -0.2) is 17.9 Å². The number of sulfonamides is 1. The zero-order chi connectivity index (χ0) is 26.3. The van der Waals surface area contributed by atoms with Crippen molar-refractivity contribution in [2.45, 2.75) is 39.3 Å². The van der Waals surface area contributed by atoms with Gasteiger partial charge in [0, 0.05) is 35.9 Å². The highest BCUT2D eigenvalue weighted by atomic mass is 32.2. The lowest BCUT2D eigenvalue weighted by Crippen LogP contribution is -2.33. The number of carbonyl (C=O) groups excluding carboxylic acids is 2. The van der Waals surface area contributed by atoms with E-state index in [1.54, 1.807) is 30.3 Å². The van der Waals surface area contributed by atoms with Crippen LogP contribution in [0, 0.1) is 0 Å². The summed E-state index contributed by atoms with van der Waals surface area (Å²) in [6, 6.07) is 12.4. The third kappa shape index (κ3) is 8.90. The Hall–Kier alpha value is -3.57. The van der Waals surface area contributed by atoms with Gasteiger partial charge >= 0.3 is 6.09 Å². The van der Waals surface area contributed by atoms with Gasteiger partial charge in [0.1, 0.15) is 11.4 Å². The Labute approximate surface area is 210 Å². The average Bonchev–Trinajstić information content (AvgIpc) is 3.18. The molecule has 0 unspecified atom stereocenters. The smallest absolute Gasteiger partial charge is 0.407 e. The van der Waals surface area contributed by atoms with Gasteiger partial charge < -0.3 is 25.1 Å². The summed E-state index contributed by atoms with van der Waals surface area (Å²) in [5.74, 6) is 0.216. The lowest BCUT2D eigenvalue weighted by atomic mass is 10.1. The number of carbonyl (C=O) groups is 2. The van der Waals surface area contributed by atoms with E-state index in [0.29, 0.717) is 24.4 Å². The van der Waals surface area contributed by atoms with E-state index in [1.165, 1.54) is 0 Å². The van der Waals surface area contributed by atoms with Gasteiger partial charge in [-0.2, -0.15) is 0 Å². The Kier molecular flexibility index (Phi) is 8.59. The fourth-order valence-corrected chi connectivity index (χ4v) is 3.76. The highest BCUT2D eigenvalue weighted by molar-refractivity contribution is 7.88. The number of aromatic nitrogens is 1. The number of ether oxygens (including phenoxy) is 2. The monoisotopic (exact) mass is 516 g/mol. The molecule has 3 rings (SSSR count). The molecule has 194 valence electrons. The number of benzene rings is 2. The minimum absolute atomic E-state index is 0.177. The zero-order valence-electron chi connectivity index (χ0n) is 20.8. The summed E-state index contributed by atoms with van der Waals surface area (Å²) in [6.07, 6.45) is 3.11. The number of anilines is 1. The number of rotatable bonds is 10. The number of amides is 2. The number of nitrogens with one attached hydrogen (secondary N) is 4. The van der Waals surface area contributed by atoms with Crippen LogP contribution in [0.3, 0.4) is 0 Å². The van der Waals surface area contributed by atoms with Crippen molar-refractivity contribution in [1.82, 2.24) is 15.0 Å². The standard InChI is InChI=1S/C25H32N4O6S/c1-25(2,3)35-24(31)26-12-11-18-15-27-22-10-9-20(13-21(18)22)34-16-23(30)29-19-7-5-17(6-8-19)14-28-36(4,32)33/h5-10,13,15,27-28H,11-12,14,16H2,1-4H3,(H,26,31)(H,29,30). The molecule has 11 heteroatoms. The zero-order valence-corrected chi connectivity index (χ0v) is 21.6. The molecule has 0 atom stereocenters. The fourth-order valence-electron chi connectivity index (χ4n) is 3.33. The SMILES string of the molecule is CC(C)(C)OC(=O)NCCc1c[nH]c2ccc(OCC(=O)Nc3ccc(CNS(C)(=O)=O)cc3)cc12. The van der Waals surface area contributed by atoms with Gasteiger partial charge in [-0.05, 0) is 68.7 Å². The van der Waals surface area contributed by atoms with Crippen molar-refractivity contribution in [3.05, 3.63) is 59.8 Å². The third-order valence-corrected chi connectivity index (χ3v) is 5.62. The highest BCUT2D eigenvalue weighted by Gasteiger charge is 2.16. The van der Waals surface area contributed by atoms with Gasteiger partial charge in [-0.3, -0.25) is 4.79 Å². The normalized spacial score (nSPS) is 11.8. The second kappa shape index (κ2) is 11.4. The van der Waals surface area contributed by atoms with Crippen LogP contribution < -0.4 is 20.1 Å². The van der Waals surface area contributed by atoms with Crippen LogP contribution in [-0.4, -0.2) is 50.4 Å². The molecule has 36 heavy (non-hydrogen) atoms. The molecular formula is C25H32N4O6S. The molecule has 0 saturated carbocycles. The van der Waals surface area contributed by atoms with Gasteiger partial charge in [0.25, 0.3) is 5.91 Å². The number of hydrogen-bond donors (Lipinski definition) is 4. The van der Waals surface area contributed by atoms with E-state index in [9.17, 15) is 18.0 Å². The molecule has 10 nitrogen and oxygen atoms in total. The van der Waals surface area contributed by atoms with Crippen molar-refractivity contribution in [2.75, 3.05) is 24.7 Å². The molecule has 1 heterocycles. The van der Waals surface area contributed by atoms with Crippen LogP contribution in [0.5, 0.6) is 5.75 Å². The van der Waals surface area contributed by atoms with Crippen LogP contribution in [0.1, 0.15) is 31.9 Å². The van der Waals surface area contributed by atoms with Gasteiger partial charge in [0.05, 0.1) is 6.26 Å². The summed E-state index contributed by atoms with van der Waals surface area (Å²) in [4.78, 5) is 27.4. The molecule has 0 spiro atoms. The molecule has 3 aromatic rings. The summed E-state index contributed by atoms with van der Waals surface area (Å²) in [6.45, 7) is 5.85. The van der Waals surface area contributed by atoms with Gasteiger partial charge in [0.2, 0.25) is 10.0 Å². The highest BCUT2D eigenvalue weighted by Crippen LogP contribution is 2.24. The van der Waals surface area contributed by atoms with E-state index in [4.69, 9.17) is 9.47 Å². The van der Waals surface area contributed by atoms with E-state index in [-0.39, 0.29) is 19.1 Å². The summed E-state index contributed by atoms with van der Waals surface area (Å²) < 4.78 is 35.7. The third-order valence-electron chi connectivity index (χ3n) is 4.95. The molecule has 0 aliphatic heterocycles. The molecular weight excluding hydrogens is 484 g/mol. The first-order valence-corrected chi connectivity index (χ1v) is 13.3. The van der Waals surface area contributed by atoms with Crippen LogP contribution in [-0.2, 0) is 32.5 Å². The fraction of sp³-hybridized carbons (Fsp3) is 0.360. The van der Waals surface area contributed by atoms with Crippen LogP contribution in [0.25, 0.3) is 10.9 Å². The minimum atomic E-state index is -3.27. The Morgan fingerprint density at radius 1 is 1.06 bits per heavy atom. The van der Waals surface area contributed by atoms with E-state index in [2.05, 4.69) is 20.3 Å². The van der Waals surface area contributed by atoms with E-state index < -0.39 is 21.7 Å². The maximum absolute atomic E-state index is 12.3. The molecule has 4 N–H and O–H groups in total. The molecule has 2 aromatic carbocycles. The Morgan fingerprint density at radius 2 is 1.78 bits per heavy atom. The molecule has 2 amide bonds. The first-order valence-electron chi connectivity index (χ1n) is 11.4. The molecule has 0 bridgehead atoms. The van der Waals surface area contributed by atoms with Crippen molar-refractivity contribution >= 4 is 38.6 Å². The van der Waals surface area contributed by atoms with E-state index in [1.807, 2.05) is 39.1 Å². The first kappa shape index (κ1) is 27.0. The molecule has 0 fully saturated rings. The Balaban J connectivity index is 1.51. The van der Waals surface area contributed by atoms with Crippen LogP contribution in [0.4, 0.5) is 10.5 Å². The number of aromatic amines is 1. The topological polar surface area (TPSA) is 139 Å². The van der Waals surface area contributed by atoms with Crippen molar-refractivity contribution in [2.24, 2.45) is 0 Å². The van der Waals surface area contributed by atoms with E-state index in [0.717, 1.165) is 28.3 Å². The lowest BCUT2D eigenvalue weighted by molar-refractivity contribution is -0.118. The maximum atomic E-state index is 12.3. The van der Waals surface area contributed by atoms with Crippen LogP contribution >= 0.6 is 0 Å². The largest absolute Gasteiger partial charge is 0.484 e. The summed E-state index contributed by atoms with van der Waals surface area (Å²) in [5, 5.41) is 6.44. The second-order valence-corrected chi connectivity index (χ2v) is 11.2. The van der Waals surface area contributed by atoms with Crippen LogP contribution in [0.2, 0.25) is 0 Å². The predicted molar refractivity (Wildman–Crippen MR) is 138 cm³/mol. The van der Waals surface area contributed by atoms with Gasteiger partial charge in [-0.1, -0.05) is 12.1 Å². The molecule has 0 radical (unpaired) electrons. The average molecular weight is 517 g/mol. The predicted octanol–water partition coefficient (Wildman–Crippen LogP) is 3.30. The van der Waals surface area contributed by atoms with Crippen LogP contribution in [0.15, 0.2) is 48.7 Å². The number of alkyl carbamates (subject to hydrolysis) is 1. The van der Waals surface area contributed by atoms with Gasteiger partial charge in [-0.15, -0.1) is 0 Å². The number of fused-ring (bicyclic) bond motifs is 1. The second-order valence-electron chi connectivity index (χ2n) is 9.33. The maximum Gasteiger partial charge on any atom is 0.407 e. The minimum Gasteiger partial charge on any atom is -0.484 e. The van der Waals surface area contributed by atoms with Crippen molar-refractivity contribution in [3.8, 4) is 5.75 Å². The number of hydrogen-bond acceptors (Lipinski definition) is 6. The summed E-state index contributed by atoms with van der Waals surface area (Å²) in [7, 11) is -3.27. The summed E-state index contributed by atoms with van der Waals surface area (Å²) >= 11 is 0. The lowest BCUT2D eigenvalue weighted by Gasteiger charge is -2.19. The van der Waals surface area contributed by atoms with Crippen molar-refractivity contribution in [3.63, 3.8) is 0 Å². The molecule has 0 aliphatic carbocycles. The quantitative estimate of drug-likeness (QED) is 0.326. The molecule has 0 saturated heterocycles. The molecule has 1 aromatic heterocycles. The van der Waals surface area contributed by atoms with E-state index >= 15 is 0 Å².